The van der Waals surface area contributed by atoms with Gasteiger partial charge in [-0.05, 0) is 72.6 Å². The molecule has 0 heterocycles. The summed E-state index contributed by atoms with van der Waals surface area (Å²) in [6.45, 7) is 5.42. The standard InChI is InChI=1S/C30H40O2/c1-22(2)14-9-7-6-8-10-15-23(3)16-13-17-24(4)20-21-26-25(5)29(31)27-18-11-12-19-28(27)30(26)32/h6,8,11-12,14,16,18-20,25-26H,7,9-10,13,15,17,21H2,1-5H3/b8-6+,23-16+,24-20+/i5D3,11D,12D,18D,19D. The smallest absolute Gasteiger partial charge is 0.167 e. The maximum Gasteiger partial charge on any atom is 0.167 e. The molecular weight excluding hydrogens is 392 g/mol. The van der Waals surface area contributed by atoms with E-state index in [4.69, 9.17) is 9.60 Å². The van der Waals surface area contributed by atoms with Crippen molar-refractivity contribution in [2.24, 2.45) is 11.8 Å². The van der Waals surface area contributed by atoms with E-state index in [1.807, 2.05) is 6.92 Å². The Hall–Kier alpha value is -2.48. The van der Waals surface area contributed by atoms with Gasteiger partial charge in [0, 0.05) is 27.1 Å². The SMILES string of the molecule is [2H]c1c([2H])c([2H])c2c(c1[2H])C(=O)C(C/C=C(\C)CC/C=C(\C)CC/C=C/CCC=C(C)C)C(C([2H])([2H])[2H])C2=O. The highest BCUT2D eigenvalue weighted by atomic mass is 16.1. The molecule has 0 saturated heterocycles. The first-order chi connectivity index (χ1) is 18.2. The van der Waals surface area contributed by atoms with Gasteiger partial charge in [-0.25, -0.2) is 0 Å². The molecule has 0 N–H and O–H groups in total. The van der Waals surface area contributed by atoms with Gasteiger partial charge in [0.15, 0.2) is 11.6 Å². The third kappa shape index (κ3) is 7.89. The van der Waals surface area contributed by atoms with Crippen molar-refractivity contribution in [3.8, 4) is 0 Å². The Labute approximate surface area is 205 Å². The second kappa shape index (κ2) is 13.2. The van der Waals surface area contributed by atoms with Crippen molar-refractivity contribution in [1.29, 1.82) is 0 Å². The third-order valence-electron chi connectivity index (χ3n) is 5.71. The number of carbonyl (C=O) groups is 2. The lowest BCUT2D eigenvalue weighted by Crippen LogP contribution is -2.34. The van der Waals surface area contributed by atoms with Crippen molar-refractivity contribution in [1.82, 2.24) is 0 Å². The summed E-state index contributed by atoms with van der Waals surface area (Å²) < 4.78 is 55.8. The third-order valence-corrected chi connectivity index (χ3v) is 5.71. The first-order valence-electron chi connectivity index (χ1n) is 15.0. The summed E-state index contributed by atoms with van der Waals surface area (Å²) in [4.78, 5) is 26.6. The lowest BCUT2D eigenvalue weighted by Gasteiger charge is -2.27. The van der Waals surface area contributed by atoms with Crippen molar-refractivity contribution in [3.05, 3.63) is 82.4 Å². The number of rotatable bonds is 11. The lowest BCUT2D eigenvalue weighted by atomic mass is 9.73. The van der Waals surface area contributed by atoms with E-state index in [0.717, 1.165) is 44.1 Å². The molecule has 1 aliphatic carbocycles. The van der Waals surface area contributed by atoms with Gasteiger partial charge in [-0.1, -0.05) is 78.1 Å². The predicted octanol–water partition coefficient (Wildman–Crippen LogP) is 8.46. The Morgan fingerprint density at radius 3 is 2.16 bits per heavy atom. The zero-order chi connectivity index (χ0) is 29.5. The average Bonchev–Trinajstić information content (AvgIpc) is 2.84. The van der Waals surface area contributed by atoms with E-state index >= 15 is 0 Å². The van der Waals surface area contributed by atoms with E-state index in [1.54, 1.807) is 6.08 Å². The van der Waals surface area contributed by atoms with Crippen molar-refractivity contribution in [2.75, 3.05) is 0 Å². The molecule has 1 aromatic rings. The minimum atomic E-state index is -2.78. The second-order valence-corrected chi connectivity index (χ2v) is 8.81. The molecule has 2 atom stereocenters. The number of fused-ring (bicyclic) bond motifs is 1. The molecule has 2 nitrogen and oxygen atoms in total. The Morgan fingerprint density at radius 2 is 1.47 bits per heavy atom. The van der Waals surface area contributed by atoms with Crippen LogP contribution in [0.3, 0.4) is 0 Å². The van der Waals surface area contributed by atoms with Gasteiger partial charge < -0.3 is 0 Å². The van der Waals surface area contributed by atoms with Gasteiger partial charge in [-0.15, -0.1) is 0 Å². The van der Waals surface area contributed by atoms with Crippen molar-refractivity contribution in [3.63, 3.8) is 0 Å². The molecule has 2 heteroatoms. The number of benzene rings is 1. The van der Waals surface area contributed by atoms with E-state index in [2.05, 4.69) is 45.1 Å². The molecule has 2 rings (SSSR count). The average molecular weight is 440 g/mol. The maximum absolute atomic E-state index is 13.4. The molecule has 2 unspecified atom stereocenters. The number of Topliss-reactive ketones (excluding diaryl/α,β-unsaturated/α-hetero) is 2. The fraction of sp³-hybridized carbons (Fsp3) is 0.467. The first kappa shape index (κ1) is 17.1. The first-order valence-corrected chi connectivity index (χ1v) is 11.5. The van der Waals surface area contributed by atoms with Crippen molar-refractivity contribution < 1.29 is 19.2 Å². The summed E-state index contributed by atoms with van der Waals surface area (Å²) in [6.07, 6.45) is 16.2. The molecule has 0 amide bonds. The summed E-state index contributed by atoms with van der Waals surface area (Å²) in [5.74, 6) is -4.50. The van der Waals surface area contributed by atoms with Crippen LogP contribution >= 0.6 is 0 Å². The van der Waals surface area contributed by atoms with Gasteiger partial charge in [0.05, 0.1) is 5.48 Å². The lowest BCUT2D eigenvalue weighted by molar-refractivity contribution is 0.0750. The van der Waals surface area contributed by atoms with Gasteiger partial charge in [-0.3, -0.25) is 9.59 Å². The van der Waals surface area contributed by atoms with Gasteiger partial charge in [0.2, 0.25) is 0 Å². The van der Waals surface area contributed by atoms with Gasteiger partial charge in [-0.2, -0.15) is 0 Å². The maximum atomic E-state index is 13.4. The number of ketones is 2. The van der Waals surface area contributed by atoms with Crippen molar-refractivity contribution >= 4 is 11.6 Å². The van der Waals surface area contributed by atoms with Crippen molar-refractivity contribution in [2.45, 2.75) is 79.5 Å². The fourth-order valence-electron chi connectivity index (χ4n) is 3.69. The zero-order valence-electron chi connectivity index (χ0n) is 26.8. The molecular formula is C30H40O2. The van der Waals surface area contributed by atoms with E-state index in [-0.39, 0.29) is 6.42 Å². The fourth-order valence-corrected chi connectivity index (χ4v) is 3.69. The van der Waals surface area contributed by atoms with Crippen LogP contribution in [0, 0.1) is 11.8 Å². The Kier molecular flexibility index (Phi) is 7.01. The summed E-state index contributed by atoms with van der Waals surface area (Å²) in [7, 11) is 0. The van der Waals surface area contributed by atoms with Crippen LogP contribution in [0.5, 0.6) is 0 Å². The number of hydrogen-bond acceptors (Lipinski definition) is 2. The molecule has 0 fully saturated rings. The van der Waals surface area contributed by atoms with Gasteiger partial charge in [0.1, 0.15) is 0 Å². The van der Waals surface area contributed by atoms with Gasteiger partial charge >= 0.3 is 0 Å². The van der Waals surface area contributed by atoms with Crippen LogP contribution in [0.25, 0.3) is 0 Å². The molecule has 0 aliphatic heterocycles. The number of hydrogen-bond donors (Lipinski definition) is 0. The molecule has 1 aromatic carbocycles. The Bertz CT molecular complexity index is 1200. The zero-order valence-corrected chi connectivity index (χ0v) is 19.8. The summed E-state index contributed by atoms with van der Waals surface area (Å²) >= 11 is 0. The van der Waals surface area contributed by atoms with E-state index < -0.39 is 65.6 Å². The molecule has 0 radical (unpaired) electrons. The highest BCUT2D eigenvalue weighted by Crippen LogP contribution is 2.32. The van der Waals surface area contributed by atoms with Crippen LogP contribution in [-0.4, -0.2) is 11.6 Å². The molecule has 0 saturated carbocycles. The number of allylic oxidation sites excluding steroid dienone is 8. The van der Waals surface area contributed by atoms with E-state index in [1.165, 1.54) is 11.1 Å². The highest BCUT2D eigenvalue weighted by Gasteiger charge is 2.37. The van der Waals surface area contributed by atoms with Crippen LogP contribution in [0.1, 0.15) is 110 Å². The molecule has 32 heavy (non-hydrogen) atoms. The van der Waals surface area contributed by atoms with Crippen LogP contribution in [0.15, 0.2) is 71.3 Å². The summed E-state index contributed by atoms with van der Waals surface area (Å²) in [5.41, 5.74) is 2.68. The summed E-state index contributed by atoms with van der Waals surface area (Å²) in [6, 6.07) is -2.52. The van der Waals surface area contributed by atoms with E-state index in [0.29, 0.717) is 0 Å². The normalized spacial score (nSPS) is 22.9. The molecule has 0 bridgehead atoms. The quantitative estimate of drug-likeness (QED) is 0.256. The van der Waals surface area contributed by atoms with Crippen LogP contribution in [0.4, 0.5) is 0 Å². The largest absolute Gasteiger partial charge is 0.294 e. The second-order valence-electron chi connectivity index (χ2n) is 8.81. The topological polar surface area (TPSA) is 34.1 Å². The highest BCUT2D eigenvalue weighted by molar-refractivity contribution is 6.15. The molecule has 1 aliphatic rings. The van der Waals surface area contributed by atoms with Crippen LogP contribution < -0.4 is 0 Å². The minimum absolute atomic E-state index is 0.0157. The number of carbonyl (C=O) groups excluding carboxylic acids is 2. The Balaban J connectivity index is 2.09. The summed E-state index contributed by atoms with van der Waals surface area (Å²) in [5, 5.41) is 0. The van der Waals surface area contributed by atoms with E-state index in [9.17, 15) is 9.59 Å². The molecule has 0 spiro atoms. The number of unbranched alkanes of at least 4 members (excludes halogenated alkanes) is 1. The monoisotopic (exact) mass is 439 g/mol. The molecule has 172 valence electrons. The van der Waals surface area contributed by atoms with Crippen LogP contribution in [-0.2, 0) is 0 Å². The Morgan fingerprint density at radius 1 is 0.844 bits per heavy atom. The van der Waals surface area contributed by atoms with Crippen LogP contribution in [0.2, 0.25) is 0 Å². The predicted molar refractivity (Wildman–Crippen MR) is 136 cm³/mol. The minimum Gasteiger partial charge on any atom is -0.294 e. The molecule has 0 aromatic heterocycles. The van der Waals surface area contributed by atoms with Gasteiger partial charge in [0.25, 0.3) is 0 Å².